The quantitative estimate of drug-likeness (QED) is 0.713. The standard InChI is InChI=1S/C15H9ClFNOS/c16-13-11-3-1-2-4-12(11)20-14(13)15(19)18-10-7-5-9(17)6-8-10/h1-8H,(H,18,19). The first-order valence-corrected chi connectivity index (χ1v) is 7.08. The number of thiophene rings is 1. The molecule has 1 N–H and O–H groups in total. The second-order valence-corrected chi connectivity index (χ2v) is 5.63. The Bertz CT molecular complexity index is 782. The van der Waals surface area contributed by atoms with Gasteiger partial charge in [-0.25, -0.2) is 4.39 Å². The Kier molecular flexibility index (Phi) is 3.42. The van der Waals surface area contributed by atoms with Crippen LogP contribution in [0, 0.1) is 5.82 Å². The summed E-state index contributed by atoms with van der Waals surface area (Å²) in [6.07, 6.45) is 0. The van der Waals surface area contributed by atoms with Gasteiger partial charge in [-0.05, 0) is 30.3 Å². The fourth-order valence-corrected chi connectivity index (χ4v) is 3.29. The van der Waals surface area contributed by atoms with Gasteiger partial charge in [-0.2, -0.15) is 0 Å². The maximum Gasteiger partial charge on any atom is 0.267 e. The summed E-state index contributed by atoms with van der Waals surface area (Å²) in [5.74, 6) is -0.634. The maximum absolute atomic E-state index is 12.8. The van der Waals surface area contributed by atoms with Gasteiger partial charge < -0.3 is 5.32 Å². The predicted molar refractivity (Wildman–Crippen MR) is 81.2 cm³/mol. The van der Waals surface area contributed by atoms with Crippen molar-refractivity contribution in [3.05, 3.63) is 64.2 Å². The van der Waals surface area contributed by atoms with Gasteiger partial charge in [0.05, 0.1) is 5.02 Å². The third kappa shape index (κ3) is 2.40. The molecule has 1 aromatic heterocycles. The number of benzene rings is 2. The normalized spacial score (nSPS) is 10.7. The Morgan fingerprint density at radius 3 is 2.50 bits per heavy atom. The minimum Gasteiger partial charge on any atom is -0.321 e. The van der Waals surface area contributed by atoms with Gasteiger partial charge in [0.15, 0.2) is 0 Å². The molecule has 1 amide bonds. The highest BCUT2D eigenvalue weighted by Gasteiger charge is 2.16. The molecule has 3 rings (SSSR count). The van der Waals surface area contributed by atoms with Crippen molar-refractivity contribution in [2.75, 3.05) is 5.32 Å². The molecular formula is C15H9ClFNOS. The molecular weight excluding hydrogens is 297 g/mol. The zero-order chi connectivity index (χ0) is 14.1. The molecule has 0 aliphatic carbocycles. The minimum atomic E-state index is -0.345. The Labute approximate surface area is 123 Å². The lowest BCUT2D eigenvalue weighted by molar-refractivity contribution is 0.103. The number of rotatable bonds is 2. The molecule has 2 nitrogen and oxygen atoms in total. The first-order valence-electron chi connectivity index (χ1n) is 5.89. The summed E-state index contributed by atoms with van der Waals surface area (Å²) in [5, 5.41) is 4.02. The average molecular weight is 306 g/mol. The minimum absolute atomic E-state index is 0.289. The van der Waals surface area contributed by atoms with Gasteiger partial charge in [0.25, 0.3) is 5.91 Å². The Hall–Kier alpha value is -1.91. The molecule has 0 bridgehead atoms. The number of carbonyl (C=O) groups excluding carboxylic acids is 1. The molecule has 2 aromatic carbocycles. The van der Waals surface area contributed by atoms with Crippen molar-refractivity contribution in [2.24, 2.45) is 0 Å². The molecule has 0 saturated carbocycles. The Morgan fingerprint density at radius 2 is 1.80 bits per heavy atom. The highest BCUT2D eigenvalue weighted by molar-refractivity contribution is 7.21. The third-order valence-electron chi connectivity index (χ3n) is 2.84. The fourth-order valence-electron chi connectivity index (χ4n) is 1.88. The van der Waals surface area contributed by atoms with Crippen molar-refractivity contribution >= 4 is 44.6 Å². The van der Waals surface area contributed by atoms with E-state index in [-0.39, 0.29) is 11.7 Å². The lowest BCUT2D eigenvalue weighted by Crippen LogP contribution is -2.10. The summed E-state index contributed by atoms with van der Waals surface area (Å²) < 4.78 is 13.8. The molecule has 3 aromatic rings. The molecule has 0 atom stereocenters. The van der Waals surface area contributed by atoms with E-state index in [4.69, 9.17) is 11.6 Å². The summed E-state index contributed by atoms with van der Waals surface area (Å²) in [6, 6.07) is 13.2. The Morgan fingerprint density at radius 1 is 1.10 bits per heavy atom. The molecule has 5 heteroatoms. The highest BCUT2D eigenvalue weighted by Crippen LogP contribution is 2.35. The molecule has 0 unspecified atom stereocenters. The van der Waals surface area contributed by atoms with Crippen LogP contribution in [0.25, 0.3) is 10.1 Å². The van der Waals surface area contributed by atoms with Crippen LogP contribution in [0.15, 0.2) is 48.5 Å². The molecule has 0 aliphatic heterocycles. The zero-order valence-electron chi connectivity index (χ0n) is 10.2. The lowest BCUT2D eigenvalue weighted by Gasteiger charge is -2.03. The topological polar surface area (TPSA) is 29.1 Å². The van der Waals surface area contributed by atoms with Crippen LogP contribution in [0.3, 0.4) is 0 Å². The van der Waals surface area contributed by atoms with Crippen LogP contribution in [0.1, 0.15) is 9.67 Å². The van der Waals surface area contributed by atoms with Gasteiger partial charge in [-0.15, -0.1) is 11.3 Å². The van der Waals surface area contributed by atoms with Crippen LogP contribution in [-0.2, 0) is 0 Å². The van der Waals surface area contributed by atoms with Gasteiger partial charge in [0, 0.05) is 15.8 Å². The van der Waals surface area contributed by atoms with Crippen molar-refractivity contribution < 1.29 is 9.18 Å². The molecule has 0 radical (unpaired) electrons. The van der Waals surface area contributed by atoms with E-state index in [9.17, 15) is 9.18 Å². The summed E-state index contributed by atoms with van der Waals surface area (Å²) in [7, 11) is 0. The first kappa shape index (κ1) is 13.1. The van der Waals surface area contributed by atoms with Crippen LogP contribution in [0.2, 0.25) is 5.02 Å². The third-order valence-corrected chi connectivity index (χ3v) is 4.52. The number of amides is 1. The molecule has 100 valence electrons. The van der Waals surface area contributed by atoms with Crippen molar-refractivity contribution in [3.63, 3.8) is 0 Å². The number of hydrogen-bond acceptors (Lipinski definition) is 2. The van der Waals surface area contributed by atoms with E-state index in [1.165, 1.54) is 35.6 Å². The van der Waals surface area contributed by atoms with Gasteiger partial charge in [-0.1, -0.05) is 29.8 Å². The van der Waals surface area contributed by atoms with Crippen molar-refractivity contribution in [3.8, 4) is 0 Å². The van der Waals surface area contributed by atoms with Crippen LogP contribution >= 0.6 is 22.9 Å². The largest absolute Gasteiger partial charge is 0.321 e. The molecule has 0 saturated heterocycles. The summed E-state index contributed by atoms with van der Waals surface area (Å²) in [4.78, 5) is 12.7. The number of hydrogen-bond donors (Lipinski definition) is 1. The van der Waals surface area contributed by atoms with Gasteiger partial charge >= 0.3 is 0 Å². The molecule has 0 fully saturated rings. The number of carbonyl (C=O) groups is 1. The van der Waals surface area contributed by atoms with E-state index in [0.717, 1.165) is 10.1 Å². The van der Waals surface area contributed by atoms with E-state index < -0.39 is 0 Å². The molecule has 20 heavy (non-hydrogen) atoms. The number of anilines is 1. The van der Waals surface area contributed by atoms with Crippen LogP contribution in [0.4, 0.5) is 10.1 Å². The molecule has 0 aliphatic rings. The van der Waals surface area contributed by atoms with Crippen LogP contribution < -0.4 is 5.32 Å². The lowest BCUT2D eigenvalue weighted by atomic mass is 10.2. The second kappa shape index (κ2) is 5.23. The van der Waals surface area contributed by atoms with Gasteiger partial charge in [0.2, 0.25) is 0 Å². The summed E-state index contributed by atoms with van der Waals surface area (Å²) >= 11 is 7.57. The van der Waals surface area contributed by atoms with E-state index >= 15 is 0 Å². The van der Waals surface area contributed by atoms with Crippen LogP contribution in [-0.4, -0.2) is 5.91 Å². The van der Waals surface area contributed by atoms with Crippen molar-refractivity contribution in [2.45, 2.75) is 0 Å². The highest BCUT2D eigenvalue weighted by atomic mass is 35.5. The number of nitrogens with one attached hydrogen (secondary N) is 1. The first-order chi connectivity index (χ1) is 9.65. The smallest absolute Gasteiger partial charge is 0.267 e. The van der Waals surface area contributed by atoms with E-state index in [1.54, 1.807) is 0 Å². The SMILES string of the molecule is O=C(Nc1ccc(F)cc1)c1sc2ccccc2c1Cl. The summed E-state index contributed by atoms with van der Waals surface area (Å²) in [6.45, 7) is 0. The van der Waals surface area contributed by atoms with E-state index in [2.05, 4.69) is 5.32 Å². The zero-order valence-corrected chi connectivity index (χ0v) is 11.8. The van der Waals surface area contributed by atoms with E-state index in [0.29, 0.717) is 15.6 Å². The average Bonchev–Trinajstić information content (AvgIpc) is 2.79. The summed E-state index contributed by atoms with van der Waals surface area (Å²) in [5.41, 5.74) is 0.532. The van der Waals surface area contributed by atoms with Crippen molar-refractivity contribution in [1.82, 2.24) is 0 Å². The predicted octanol–water partition coefficient (Wildman–Crippen LogP) is 4.95. The van der Waals surface area contributed by atoms with Gasteiger partial charge in [0.1, 0.15) is 10.7 Å². The monoisotopic (exact) mass is 305 g/mol. The van der Waals surface area contributed by atoms with Crippen LogP contribution in [0.5, 0.6) is 0 Å². The second-order valence-electron chi connectivity index (χ2n) is 4.20. The fraction of sp³-hybridized carbons (Fsp3) is 0. The molecule has 0 spiro atoms. The number of fused-ring (bicyclic) bond motifs is 1. The van der Waals surface area contributed by atoms with E-state index in [1.807, 2.05) is 24.3 Å². The number of halogens is 2. The Balaban J connectivity index is 1.92. The molecule has 1 heterocycles. The maximum atomic E-state index is 12.8. The van der Waals surface area contributed by atoms with Crippen molar-refractivity contribution in [1.29, 1.82) is 0 Å². The van der Waals surface area contributed by atoms with Gasteiger partial charge in [-0.3, -0.25) is 4.79 Å².